The van der Waals surface area contributed by atoms with E-state index in [1.165, 1.54) is 0 Å². The van der Waals surface area contributed by atoms with E-state index in [9.17, 15) is 9.59 Å². The van der Waals surface area contributed by atoms with Crippen molar-refractivity contribution in [3.63, 3.8) is 0 Å². The highest BCUT2D eigenvalue weighted by Crippen LogP contribution is 2.28. The van der Waals surface area contributed by atoms with Crippen LogP contribution in [0.2, 0.25) is 0 Å². The largest absolute Gasteiger partial charge is 0.333 e. The summed E-state index contributed by atoms with van der Waals surface area (Å²) in [6.07, 6.45) is 0.714. The van der Waals surface area contributed by atoms with E-state index in [1.807, 2.05) is 79.4 Å². The third kappa shape index (κ3) is 4.54. The Morgan fingerprint density at radius 2 is 1.46 bits per heavy atom. The van der Waals surface area contributed by atoms with Crippen LogP contribution >= 0.6 is 0 Å². The second-order valence-corrected chi connectivity index (χ2v) is 6.58. The van der Waals surface area contributed by atoms with Crippen molar-refractivity contribution in [3.05, 3.63) is 71.8 Å². The summed E-state index contributed by atoms with van der Waals surface area (Å²) in [5.74, 6) is 0.132. The molecule has 0 unspecified atom stereocenters. The number of carbonyl (C=O) groups excluding carboxylic acids is 2. The SMILES string of the molecule is CC(=O)CCN(C(=O)Cc1ccccc1)C(C)(C)c1ccccc1. The lowest BCUT2D eigenvalue weighted by Gasteiger charge is -2.39. The molecule has 0 aliphatic heterocycles. The quantitative estimate of drug-likeness (QED) is 0.773. The van der Waals surface area contributed by atoms with Crippen molar-refractivity contribution >= 4 is 11.7 Å². The number of Topliss-reactive ketones (excluding diaryl/α,β-unsaturated/α-hetero) is 1. The molecule has 0 aromatic heterocycles. The second kappa shape index (κ2) is 7.91. The Kier molecular flexibility index (Phi) is 5.91. The Morgan fingerprint density at radius 3 is 2.00 bits per heavy atom. The fourth-order valence-corrected chi connectivity index (χ4v) is 2.85. The van der Waals surface area contributed by atoms with Gasteiger partial charge in [0.05, 0.1) is 12.0 Å². The van der Waals surface area contributed by atoms with Gasteiger partial charge in [-0.15, -0.1) is 0 Å². The van der Waals surface area contributed by atoms with E-state index in [0.717, 1.165) is 11.1 Å². The maximum absolute atomic E-state index is 13.0. The minimum Gasteiger partial charge on any atom is -0.333 e. The number of hydrogen-bond donors (Lipinski definition) is 0. The summed E-state index contributed by atoms with van der Waals surface area (Å²) in [5.41, 5.74) is 1.58. The first-order valence-corrected chi connectivity index (χ1v) is 8.30. The van der Waals surface area contributed by atoms with Gasteiger partial charge < -0.3 is 4.90 Å². The van der Waals surface area contributed by atoms with Crippen molar-refractivity contribution in [2.75, 3.05) is 6.54 Å². The smallest absolute Gasteiger partial charge is 0.227 e. The molecule has 1 amide bonds. The van der Waals surface area contributed by atoms with E-state index in [2.05, 4.69) is 0 Å². The van der Waals surface area contributed by atoms with Gasteiger partial charge in [0.2, 0.25) is 5.91 Å². The standard InChI is InChI=1S/C21H25NO2/c1-17(23)14-15-22(20(24)16-18-10-6-4-7-11-18)21(2,3)19-12-8-5-9-13-19/h4-13H,14-16H2,1-3H3. The van der Waals surface area contributed by atoms with Crippen LogP contribution in [-0.4, -0.2) is 23.1 Å². The van der Waals surface area contributed by atoms with Gasteiger partial charge >= 0.3 is 0 Å². The molecule has 0 radical (unpaired) electrons. The Morgan fingerprint density at radius 1 is 0.917 bits per heavy atom. The van der Waals surface area contributed by atoms with Crippen molar-refractivity contribution in [1.29, 1.82) is 0 Å². The minimum absolute atomic E-state index is 0.0382. The van der Waals surface area contributed by atoms with Gasteiger partial charge in [-0.25, -0.2) is 0 Å². The molecule has 0 saturated heterocycles. The monoisotopic (exact) mass is 323 g/mol. The molecule has 126 valence electrons. The molecule has 0 spiro atoms. The molecule has 0 fully saturated rings. The molecule has 0 saturated carbocycles. The molecule has 0 N–H and O–H groups in total. The van der Waals surface area contributed by atoms with E-state index in [4.69, 9.17) is 0 Å². The number of ketones is 1. The van der Waals surface area contributed by atoms with Gasteiger partial charge in [0.1, 0.15) is 5.78 Å². The van der Waals surface area contributed by atoms with E-state index in [-0.39, 0.29) is 11.7 Å². The van der Waals surface area contributed by atoms with Gasteiger partial charge in [0, 0.05) is 13.0 Å². The molecule has 0 aliphatic rings. The average Bonchev–Trinajstić information content (AvgIpc) is 2.56. The summed E-state index contributed by atoms with van der Waals surface area (Å²) in [5, 5.41) is 0. The number of hydrogen-bond acceptors (Lipinski definition) is 2. The first kappa shape index (κ1) is 17.9. The molecule has 0 bridgehead atoms. The van der Waals surface area contributed by atoms with Crippen LogP contribution in [0.25, 0.3) is 0 Å². The minimum atomic E-state index is -0.470. The number of amides is 1. The molecule has 0 atom stereocenters. The van der Waals surface area contributed by atoms with Crippen LogP contribution in [0.5, 0.6) is 0 Å². The fourth-order valence-electron chi connectivity index (χ4n) is 2.85. The van der Waals surface area contributed by atoms with Crippen LogP contribution in [0, 0.1) is 0 Å². The van der Waals surface area contributed by atoms with E-state index in [1.54, 1.807) is 6.92 Å². The predicted molar refractivity (Wildman–Crippen MR) is 96.6 cm³/mol. The van der Waals surface area contributed by atoms with Gasteiger partial charge in [-0.1, -0.05) is 60.7 Å². The van der Waals surface area contributed by atoms with Gasteiger partial charge in [0.15, 0.2) is 0 Å². The maximum atomic E-state index is 13.0. The Balaban J connectivity index is 2.26. The molecule has 3 nitrogen and oxygen atoms in total. The summed E-state index contributed by atoms with van der Waals surface area (Å²) in [6.45, 7) is 6.06. The highest BCUT2D eigenvalue weighted by Gasteiger charge is 2.32. The van der Waals surface area contributed by atoms with Crippen molar-refractivity contribution < 1.29 is 9.59 Å². The Labute approximate surface area is 144 Å². The van der Waals surface area contributed by atoms with Crippen LogP contribution in [0.15, 0.2) is 60.7 Å². The van der Waals surface area contributed by atoms with Gasteiger partial charge in [-0.05, 0) is 31.9 Å². The third-order valence-electron chi connectivity index (χ3n) is 4.34. The van der Waals surface area contributed by atoms with E-state index < -0.39 is 5.54 Å². The van der Waals surface area contributed by atoms with Crippen molar-refractivity contribution in [2.45, 2.75) is 39.2 Å². The summed E-state index contributed by atoms with van der Waals surface area (Å²) in [6, 6.07) is 19.7. The lowest BCUT2D eigenvalue weighted by atomic mass is 9.91. The van der Waals surface area contributed by atoms with Gasteiger partial charge in [-0.2, -0.15) is 0 Å². The molecule has 2 rings (SSSR count). The summed E-state index contributed by atoms with van der Waals surface area (Å²) in [4.78, 5) is 26.2. The zero-order valence-electron chi connectivity index (χ0n) is 14.7. The molecule has 3 heteroatoms. The van der Waals surface area contributed by atoms with Crippen LogP contribution in [-0.2, 0) is 21.5 Å². The molecular weight excluding hydrogens is 298 g/mol. The summed E-state index contributed by atoms with van der Waals surface area (Å²) >= 11 is 0. The first-order valence-electron chi connectivity index (χ1n) is 8.30. The number of rotatable bonds is 7. The molecule has 2 aromatic carbocycles. The highest BCUT2D eigenvalue weighted by atomic mass is 16.2. The van der Waals surface area contributed by atoms with Crippen molar-refractivity contribution in [2.24, 2.45) is 0 Å². The van der Waals surface area contributed by atoms with Gasteiger partial charge in [-0.3, -0.25) is 9.59 Å². The molecule has 0 heterocycles. The summed E-state index contributed by atoms with van der Waals surface area (Å²) in [7, 11) is 0. The van der Waals surface area contributed by atoms with Crippen LogP contribution in [0.3, 0.4) is 0 Å². The fraction of sp³-hybridized carbons (Fsp3) is 0.333. The van der Waals surface area contributed by atoms with Gasteiger partial charge in [0.25, 0.3) is 0 Å². The average molecular weight is 323 g/mol. The normalized spacial score (nSPS) is 11.1. The number of carbonyl (C=O) groups is 2. The maximum Gasteiger partial charge on any atom is 0.227 e. The van der Waals surface area contributed by atoms with Crippen LogP contribution in [0.4, 0.5) is 0 Å². The van der Waals surface area contributed by atoms with E-state index >= 15 is 0 Å². The van der Waals surface area contributed by atoms with Crippen LogP contribution in [0.1, 0.15) is 38.3 Å². The topological polar surface area (TPSA) is 37.4 Å². The van der Waals surface area contributed by atoms with E-state index in [0.29, 0.717) is 19.4 Å². The highest BCUT2D eigenvalue weighted by molar-refractivity contribution is 5.81. The number of benzene rings is 2. The summed E-state index contributed by atoms with van der Waals surface area (Å²) < 4.78 is 0. The first-order chi connectivity index (χ1) is 11.4. The Bertz CT molecular complexity index is 677. The zero-order valence-corrected chi connectivity index (χ0v) is 14.7. The second-order valence-electron chi connectivity index (χ2n) is 6.58. The third-order valence-corrected chi connectivity index (χ3v) is 4.34. The van der Waals surface area contributed by atoms with Crippen molar-refractivity contribution in [3.8, 4) is 0 Å². The number of nitrogens with zero attached hydrogens (tertiary/aromatic N) is 1. The molecule has 2 aromatic rings. The Hall–Kier alpha value is -2.42. The molecule has 0 aliphatic carbocycles. The molecular formula is C21H25NO2. The lowest BCUT2D eigenvalue weighted by molar-refractivity contribution is -0.136. The lowest BCUT2D eigenvalue weighted by Crippen LogP contribution is -2.47. The zero-order chi connectivity index (χ0) is 17.6. The van der Waals surface area contributed by atoms with Crippen LogP contribution < -0.4 is 0 Å². The molecule has 24 heavy (non-hydrogen) atoms. The predicted octanol–water partition coefficient (Wildman–Crippen LogP) is 3.97. The van der Waals surface area contributed by atoms with Crippen molar-refractivity contribution in [1.82, 2.24) is 4.90 Å².